The van der Waals surface area contributed by atoms with Gasteiger partial charge < -0.3 is 9.84 Å². The Morgan fingerprint density at radius 1 is 1.50 bits per heavy atom. The molecule has 0 radical (unpaired) electrons. The molecule has 0 aliphatic heterocycles. The van der Waals surface area contributed by atoms with Crippen molar-refractivity contribution in [2.45, 2.75) is 32.3 Å². The zero-order valence-electron chi connectivity index (χ0n) is 9.66. The minimum atomic E-state index is -0.254. The average Bonchev–Trinajstić information content (AvgIpc) is 3.01. The van der Waals surface area contributed by atoms with Crippen molar-refractivity contribution in [2.75, 3.05) is 7.11 Å². The molecular weight excluding hydrogens is 268 g/mol. The van der Waals surface area contributed by atoms with E-state index in [1.54, 1.807) is 7.11 Å². The van der Waals surface area contributed by atoms with Crippen LogP contribution in [0.5, 0.6) is 5.75 Å². The Hall–Kier alpha value is -0.540. The fourth-order valence-electron chi connectivity index (χ4n) is 1.82. The average molecular weight is 285 g/mol. The van der Waals surface area contributed by atoms with Crippen LogP contribution >= 0.6 is 15.9 Å². The SMILES string of the molecule is COc1ccc(Br)c(CC(O)C2(C)CC2)c1. The summed E-state index contributed by atoms with van der Waals surface area (Å²) in [6.07, 6.45) is 2.70. The van der Waals surface area contributed by atoms with Gasteiger partial charge in [-0.25, -0.2) is 0 Å². The van der Waals surface area contributed by atoms with Gasteiger partial charge in [0.15, 0.2) is 0 Å². The quantitative estimate of drug-likeness (QED) is 0.920. The highest BCUT2D eigenvalue weighted by Gasteiger charge is 2.44. The van der Waals surface area contributed by atoms with Crippen LogP contribution in [-0.2, 0) is 6.42 Å². The van der Waals surface area contributed by atoms with Gasteiger partial charge in [-0.05, 0) is 42.0 Å². The van der Waals surface area contributed by atoms with E-state index >= 15 is 0 Å². The predicted molar refractivity (Wildman–Crippen MR) is 67.7 cm³/mol. The van der Waals surface area contributed by atoms with Gasteiger partial charge in [0, 0.05) is 10.9 Å². The van der Waals surface area contributed by atoms with E-state index < -0.39 is 0 Å². The molecule has 2 nitrogen and oxygen atoms in total. The van der Waals surface area contributed by atoms with E-state index in [2.05, 4.69) is 22.9 Å². The molecule has 1 N–H and O–H groups in total. The molecule has 1 saturated carbocycles. The van der Waals surface area contributed by atoms with Gasteiger partial charge in [0.2, 0.25) is 0 Å². The lowest BCUT2D eigenvalue weighted by Crippen LogP contribution is -2.21. The Morgan fingerprint density at radius 3 is 2.75 bits per heavy atom. The second kappa shape index (κ2) is 4.38. The number of methoxy groups -OCH3 is 1. The highest BCUT2D eigenvalue weighted by atomic mass is 79.9. The normalized spacial score (nSPS) is 19.2. The first-order chi connectivity index (χ1) is 7.55. The third kappa shape index (κ3) is 2.41. The van der Waals surface area contributed by atoms with E-state index in [-0.39, 0.29) is 11.5 Å². The van der Waals surface area contributed by atoms with E-state index in [4.69, 9.17) is 4.74 Å². The predicted octanol–water partition coefficient (Wildman–Crippen LogP) is 3.16. The number of aliphatic hydroxyl groups is 1. The Kier molecular flexibility index (Phi) is 3.27. The van der Waals surface area contributed by atoms with Crippen LogP contribution in [0.15, 0.2) is 22.7 Å². The number of rotatable bonds is 4. The van der Waals surface area contributed by atoms with Gasteiger partial charge in [0.05, 0.1) is 13.2 Å². The van der Waals surface area contributed by atoms with Crippen LogP contribution in [0.2, 0.25) is 0 Å². The molecule has 1 fully saturated rings. The van der Waals surface area contributed by atoms with Gasteiger partial charge in [-0.3, -0.25) is 0 Å². The summed E-state index contributed by atoms with van der Waals surface area (Å²) in [4.78, 5) is 0. The van der Waals surface area contributed by atoms with Crippen LogP contribution in [0.3, 0.4) is 0 Å². The molecule has 1 aromatic carbocycles. The maximum atomic E-state index is 10.1. The molecule has 0 bridgehead atoms. The minimum Gasteiger partial charge on any atom is -0.497 e. The topological polar surface area (TPSA) is 29.5 Å². The molecular formula is C13H17BrO2. The van der Waals surface area contributed by atoms with Crippen molar-refractivity contribution in [3.63, 3.8) is 0 Å². The molecule has 1 unspecified atom stereocenters. The smallest absolute Gasteiger partial charge is 0.119 e. The fourth-order valence-corrected chi connectivity index (χ4v) is 2.23. The van der Waals surface area contributed by atoms with E-state index in [1.165, 1.54) is 0 Å². The lowest BCUT2D eigenvalue weighted by Gasteiger charge is -2.18. The van der Waals surface area contributed by atoms with Crippen molar-refractivity contribution in [2.24, 2.45) is 5.41 Å². The van der Waals surface area contributed by atoms with Gasteiger partial charge >= 0.3 is 0 Å². The molecule has 0 heterocycles. The fraction of sp³-hybridized carbons (Fsp3) is 0.538. The highest BCUT2D eigenvalue weighted by Crippen LogP contribution is 2.49. The molecule has 16 heavy (non-hydrogen) atoms. The van der Waals surface area contributed by atoms with Crippen molar-refractivity contribution in [1.82, 2.24) is 0 Å². The molecule has 0 spiro atoms. The standard InChI is InChI=1S/C13H17BrO2/c1-13(5-6-13)12(15)8-9-7-10(16-2)3-4-11(9)14/h3-4,7,12,15H,5-6,8H2,1-2H3. The number of hydrogen-bond donors (Lipinski definition) is 1. The lowest BCUT2D eigenvalue weighted by molar-refractivity contribution is 0.103. The molecule has 88 valence electrons. The molecule has 1 aliphatic carbocycles. The zero-order valence-corrected chi connectivity index (χ0v) is 11.3. The van der Waals surface area contributed by atoms with Crippen molar-refractivity contribution >= 4 is 15.9 Å². The van der Waals surface area contributed by atoms with Crippen LogP contribution in [0, 0.1) is 5.41 Å². The third-order valence-electron chi connectivity index (χ3n) is 3.51. The summed E-state index contributed by atoms with van der Waals surface area (Å²) in [5.41, 5.74) is 1.25. The number of hydrogen-bond acceptors (Lipinski definition) is 2. The van der Waals surface area contributed by atoms with Gasteiger partial charge in [-0.2, -0.15) is 0 Å². The number of benzene rings is 1. The Morgan fingerprint density at radius 2 is 2.19 bits per heavy atom. The first kappa shape index (κ1) is 11.9. The molecule has 1 aliphatic rings. The van der Waals surface area contributed by atoms with Gasteiger partial charge in [-0.15, -0.1) is 0 Å². The Labute approximate surface area is 105 Å². The summed E-state index contributed by atoms with van der Waals surface area (Å²) in [7, 11) is 1.66. The largest absolute Gasteiger partial charge is 0.497 e. The number of aliphatic hydroxyl groups excluding tert-OH is 1. The maximum Gasteiger partial charge on any atom is 0.119 e. The second-order valence-electron chi connectivity index (χ2n) is 4.83. The second-order valence-corrected chi connectivity index (χ2v) is 5.69. The molecule has 0 saturated heterocycles. The minimum absolute atomic E-state index is 0.141. The van der Waals surface area contributed by atoms with E-state index in [0.29, 0.717) is 6.42 Å². The van der Waals surface area contributed by atoms with E-state index in [9.17, 15) is 5.11 Å². The lowest BCUT2D eigenvalue weighted by atomic mass is 9.95. The van der Waals surface area contributed by atoms with Crippen LogP contribution in [-0.4, -0.2) is 18.3 Å². The summed E-state index contributed by atoms with van der Waals surface area (Å²) < 4.78 is 6.23. The maximum absolute atomic E-state index is 10.1. The van der Waals surface area contributed by atoms with Crippen LogP contribution in [0.4, 0.5) is 0 Å². The molecule has 1 aromatic rings. The zero-order chi connectivity index (χ0) is 11.8. The summed E-state index contributed by atoms with van der Waals surface area (Å²) >= 11 is 3.51. The monoisotopic (exact) mass is 284 g/mol. The van der Waals surface area contributed by atoms with Crippen LogP contribution in [0.25, 0.3) is 0 Å². The van der Waals surface area contributed by atoms with Crippen molar-refractivity contribution in [3.8, 4) is 5.75 Å². The summed E-state index contributed by atoms with van der Waals surface area (Å²) in [6, 6.07) is 5.87. The number of halogens is 1. The van der Waals surface area contributed by atoms with E-state index in [0.717, 1.165) is 28.6 Å². The molecule has 0 amide bonds. The van der Waals surface area contributed by atoms with E-state index in [1.807, 2.05) is 18.2 Å². The first-order valence-electron chi connectivity index (χ1n) is 5.56. The molecule has 0 aromatic heterocycles. The molecule has 1 atom stereocenters. The van der Waals surface area contributed by atoms with Crippen molar-refractivity contribution in [1.29, 1.82) is 0 Å². The van der Waals surface area contributed by atoms with Gasteiger partial charge in [0.1, 0.15) is 5.75 Å². The Balaban J connectivity index is 2.13. The highest BCUT2D eigenvalue weighted by molar-refractivity contribution is 9.10. The summed E-state index contributed by atoms with van der Waals surface area (Å²) in [6.45, 7) is 2.14. The van der Waals surface area contributed by atoms with Crippen LogP contribution < -0.4 is 4.74 Å². The third-order valence-corrected chi connectivity index (χ3v) is 4.28. The van der Waals surface area contributed by atoms with Gasteiger partial charge in [0.25, 0.3) is 0 Å². The van der Waals surface area contributed by atoms with Crippen molar-refractivity contribution < 1.29 is 9.84 Å². The van der Waals surface area contributed by atoms with Gasteiger partial charge in [-0.1, -0.05) is 22.9 Å². The van der Waals surface area contributed by atoms with Crippen LogP contribution in [0.1, 0.15) is 25.3 Å². The Bertz CT molecular complexity index is 386. The summed E-state index contributed by atoms with van der Waals surface area (Å²) in [5.74, 6) is 0.839. The molecule has 3 heteroatoms. The number of ether oxygens (including phenoxy) is 1. The van der Waals surface area contributed by atoms with Crippen molar-refractivity contribution in [3.05, 3.63) is 28.2 Å². The molecule has 2 rings (SSSR count). The first-order valence-corrected chi connectivity index (χ1v) is 6.35. The summed E-state index contributed by atoms with van der Waals surface area (Å²) in [5, 5.41) is 10.1.